The molecule has 2 heterocycles. The van der Waals surface area contributed by atoms with Gasteiger partial charge in [0.1, 0.15) is 11.4 Å². The van der Waals surface area contributed by atoms with Crippen LogP contribution >= 0.6 is 0 Å². The van der Waals surface area contributed by atoms with Crippen LogP contribution in [0.15, 0.2) is 67.0 Å². The maximum absolute atomic E-state index is 13.7. The van der Waals surface area contributed by atoms with Gasteiger partial charge in [-0.1, -0.05) is 57.2 Å². The average molecular weight is 477 g/mol. The van der Waals surface area contributed by atoms with Gasteiger partial charge in [0, 0.05) is 36.5 Å². The number of likely N-dealkylation sites (tertiary alicyclic amines) is 1. The minimum Gasteiger partial charge on any atom is -0.385 e. The minimum absolute atomic E-state index is 0.362. The molecule has 1 saturated heterocycles. The predicted molar refractivity (Wildman–Crippen MR) is 138 cm³/mol. The van der Waals surface area contributed by atoms with E-state index < -0.39 is 11.2 Å². The van der Waals surface area contributed by atoms with E-state index in [1.54, 1.807) is 31.5 Å². The van der Waals surface area contributed by atoms with Crippen molar-refractivity contribution in [2.75, 3.05) is 20.1 Å². The van der Waals surface area contributed by atoms with Gasteiger partial charge in [-0.3, -0.25) is 4.98 Å². The molecule has 1 aliphatic heterocycles. The average Bonchev–Trinajstić information content (AvgIpc) is 2.81. The summed E-state index contributed by atoms with van der Waals surface area (Å²) < 4.78 is 13.7. The van der Waals surface area contributed by atoms with Gasteiger partial charge in [0.05, 0.1) is 5.60 Å². The molecule has 2 aromatic carbocycles. The van der Waals surface area contributed by atoms with Crippen molar-refractivity contribution in [3.8, 4) is 0 Å². The second-order valence-electron chi connectivity index (χ2n) is 11.1. The topological polar surface area (TPSA) is 56.6 Å². The zero-order valence-electron chi connectivity index (χ0n) is 21.4. The smallest absolute Gasteiger partial charge is 0.124 e. The first-order valence-corrected chi connectivity index (χ1v) is 12.4. The Hall–Kier alpha value is -2.60. The zero-order valence-corrected chi connectivity index (χ0v) is 21.4. The first-order chi connectivity index (χ1) is 16.4. The first-order valence-electron chi connectivity index (χ1n) is 12.4. The number of rotatable bonds is 8. The van der Waals surface area contributed by atoms with Crippen molar-refractivity contribution in [2.45, 2.75) is 57.7 Å². The summed E-state index contributed by atoms with van der Waals surface area (Å²) in [5, 5.41) is 23.4. The molecule has 35 heavy (non-hydrogen) atoms. The summed E-state index contributed by atoms with van der Waals surface area (Å²) in [5.41, 5.74) is 1.58. The van der Waals surface area contributed by atoms with E-state index in [1.165, 1.54) is 17.7 Å². The summed E-state index contributed by atoms with van der Waals surface area (Å²) in [6.07, 6.45) is 4.49. The van der Waals surface area contributed by atoms with Crippen LogP contribution in [0, 0.1) is 11.2 Å². The molecule has 1 aliphatic rings. The molecule has 3 aromatic rings. The highest BCUT2D eigenvalue weighted by atomic mass is 19.1. The van der Waals surface area contributed by atoms with Gasteiger partial charge in [-0.05, 0) is 73.2 Å². The number of aryl methyl sites for hydroxylation is 1. The maximum atomic E-state index is 13.7. The van der Waals surface area contributed by atoms with Gasteiger partial charge >= 0.3 is 0 Å². The lowest BCUT2D eigenvalue weighted by Crippen LogP contribution is -2.63. The Morgan fingerprint density at radius 1 is 1.00 bits per heavy atom. The summed E-state index contributed by atoms with van der Waals surface area (Å²) in [6.45, 7) is 9.70. The quantitative estimate of drug-likeness (QED) is 0.459. The third kappa shape index (κ3) is 4.90. The van der Waals surface area contributed by atoms with Gasteiger partial charge in [-0.25, -0.2) is 4.39 Å². The third-order valence-corrected chi connectivity index (χ3v) is 7.67. The van der Waals surface area contributed by atoms with E-state index >= 15 is 0 Å². The number of nitrogens with zero attached hydrogens (tertiary/aromatic N) is 2. The van der Waals surface area contributed by atoms with E-state index in [0.717, 1.165) is 29.8 Å². The maximum Gasteiger partial charge on any atom is 0.124 e. The van der Waals surface area contributed by atoms with Crippen molar-refractivity contribution in [3.05, 3.63) is 101 Å². The molecule has 2 atom stereocenters. The lowest BCUT2D eigenvalue weighted by atomic mass is 9.62. The standard InChI is InChI=1S/C30H37FN2O2/c1-21(2)23-9-11-24(12-10-23)30(35,28(3)19-33(5)20-28)26-15-22(17-32-18-26)13-14-29(4,34)25-7-6-8-27(31)16-25/h6-12,15-18,21,34-35H,13-14,19-20H2,1-5H3/t29?,30-/m0/s1. The molecule has 4 rings (SSSR count). The second kappa shape index (κ2) is 9.45. The molecule has 4 nitrogen and oxygen atoms in total. The van der Waals surface area contributed by atoms with Crippen LogP contribution in [0.1, 0.15) is 67.9 Å². The Kier molecular flexibility index (Phi) is 6.89. The van der Waals surface area contributed by atoms with E-state index in [0.29, 0.717) is 24.3 Å². The Bertz CT molecular complexity index is 1170. The van der Waals surface area contributed by atoms with Gasteiger partial charge in [0.15, 0.2) is 0 Å². The molecule has 5 heteroatoms. The van der Waals surface area contributed by atoms with Crippen LogP contribution in [-0.4, -0.2) is 40.2 Å². The van der Waals surface area contributed by atoms with Crippen molar-refractivity contribution in [1.29, 1.82) is 0 Å². The third-order valence-electron chi connectivity index (χ3n) is 7.67. The molecular weight excluding hydrogens is 439 g/mol. The molecule has 0 amide bonds. The highest BCUT2D eigenvalue weighted by molar-refractivity contribution is 5.42. The number of hydrogen-bond donors (Lipinski definition) is 2. The fourth-order valence-electron chi connectivity index (χ4n) is 5.52. The van der Waals surface area contributed by atoms with Crippen LogP contribution in [0.4, 0.5) is 4.39 Å². The Labute approximate surface area is 208 Å². The summed E-state index contributed by atoms with van der Waals surface area (Å²) >= 11 is 0. The van der Waals surface area contributed by atoms with Crippen LogP contribution in [-0.2, 0) is 17.6 Å². The van der Waals surface area contributed by atoms with Crippen molar-refractivity contribution in [2.24, 2.45) is 5.41 Å². The number of aromatic nitrogens is 1. The summed E-state index contributed by atoms with van der Waals surface area (Å²) in [4.78, 5) is 6.69. The summed E-state index contributed by atoms with van der Waals surface area (Å²) in [5.74, 6) is 0.0529. The SMILES string of the molecule is CC(C)c1ccc([C@](O)(c2cncc(CCC(C)(O)c3cccc(F)c3)c2)C2(C)CN(C)C2)cc1. The van der Waals surface area contributed by atoms with Crippen LogP contribution in [0.2, 0.25) is 0 Å². The number of hydrogen-bond acceptors (Lipinski definition) is 4. The van der Waals surface area contributed by atoms with Crippen molar-refractivity contribution in [1.82, 2.24) is 9.88 Å². The molecule has 0 radical (unpaired) electrons. The number of halogens is 1. The largest absolute Gasteiger partial charge is 0.385 e. The van der Waals surface area contributed by atoms with Gasteiger partial charge in [-0.2, -0.15) is 0 Å². The molecular formula is C30H37FN2O2. The number of aliphatic hydroxyl groups is 2. The fourth-order valence-corrected chi connectivity index (χ4v) is 5.52. The summed E-state index contributed by atoms with van der Waals surface area (Å²) in [6, 6.07) is 16.4. The number of pyridine rings is 1. The normalized spacial score (nSPS) is 19.1. The Balaban J connectivity index is 1.65. The van der Waals surface area contributed by atoms with Crippen molar-refractivity contribution >= 4 is 0 Å². The molecule has 0 saturated carbocycles. The fraction of sp³-hybridized carbons (Fsp3) is 0.433. The van der Waals surface area contributed by atoms with Crippen LogP contribution < -0.4 is 0 Å². The van der Waals surface area contributed by atoms with Gasteiger partial charge < -0.3 is 15.1 Å². The Morgan fingerprint density at radius 3 is 2.29 bits per heavy atom. The minimum atomic E-state index is -1.21. The van der Waals surface area contributed by atoms with Crippen LogP contribution in [0.25, 0.3) is 0 Å². The van der Waals surface area contributed by atoms with Crippen molar-refractivity contribution < 1.29 is 14.6 Å². The zero-order chi connectivity index (χ0) is 25.4. The lowest BCUT2D eigenvalue weighted by Gasteiger charge is -2.56. The van der Waals surface area contributed by atoms with Crippen LogP contribution in [0.5, 0.6) is 0 Å². The molecule has 0 spiro atoms. The molecule has 0 bridgehead atoms. The molecule has 1 fully saturated rings. The van der Waals surface area contributed by atoms with Gasteiger partial charge in [0.2, 0.25) is 0 Å². The van der Waals surface area contributed by atoms with Gasteiger partial charge in [0.25, 0.3) is 0 Å². The second-order valence-corrected chi connectivity index (χ2v) is 11.1. The molecule has 1 unspecified atom stereocenters. The lowest BCUT2D eigenvalue weighted by molar-refractivity contribution is -0.127. The molecule has 2 N–H and O–H groups in total. The molecule has 0 aliphatic carbocycles. The first kappa shape index (κ1) is 25.5. The highest BCUT2D eigenvalue weighted by Gasteiger charge is 2.55. The van der Waals surface area contributed by atoms with E-state index in [1.807, 2.05) is 18.2 Å². The van der Waals surface area contributed by atoms with E-state index in [2.05, 4.69) is 49.8 Å². The van der Waals surface area contributed by atoms with Crippen LogP contribution in [0.3, 0.4) is 0 Å². The molecule has 1 aromatic heterocycles. The monoisotopic (exact) mass is 476 g/mol. The van der Waals surface area contributed by atoms with E-state index in [9.17, 15) is 14.6 Å². The van der Waals surface area contributed by atoms with E-state index in [-0.39, 0.29) is 11.2 Å². The van der Waals surface area contributed by atoms with Gasteiger partial charge in [-0.15, -0.1) is 0 Å². The summed E-state index contributed by atoms with van der Waals surface area (Å²) in [7, 11) is 2.06. The predicted octanol–water partition coefficient (Wildman–Crippen LogP) is 5.37. The van der Waals surface area contributed by atoms with E-state index in [4.69, 9.17) is 0 Å². The Morgan fingerprint density at radius 2 is 1.69 bits per heavy atom. The highest BCUT2D eigenvalue weighted by Crippen LogP contribution is 2.50. The molecule has 186 valence electrons. The number of benzene rings is 2. The van der Waals surface area contributed by atoms with Crippen molar-refractivity contribution in [3.63, 3.8) is 0 Å².